The molecular weight excluding hydrogens is 157 g/mol. The van der Waals surface area contributed by atoms with E-state index in [4.69, 9.17) is 0 Å². The number of ether oxygens (including phenoxy) is 1. The van der Waals surface area contributed by atoms with E-state index in [1.807, 2.05) is 6.92 Å². The Morgan fingerprint density at radius 1 is 1.45 bits per heavy atom. The molecule has 0 aliphatic heterocycles. The molecule has 0 aromatic rings. The first-order valence-corrected chi connectivity index (χ1v) is 3.35. The molecule has 4 heteroatoms. The standard InChI is InChI=1S/C7H11F3O/c1-3-6(2)11-5-4-7(8,9)10/h4-6H,3H2,1-2H3/b5-4-. The van der Waals surface area contributed by atoms with E-state index >= 15 is 0 Å². The van der Waals surface area contributed by atoms with Crippen LogP contribution in [0.3, 0.4) is 0 Å². The lowest BCUT2D eigenvalue weighted by Crippen LogP contribution is -2.04. The molecule has 0 fully saturated rings. The highest BCUT2D eigenvalue weighted by Crippen LogP contribution is 2.16. The Morgan fingerprint density at radius 2 is 2.00 bits per heavy atom. The van der Waals surface area contributed by atoms with Gasteiger partial charge in [-0.25, -0.2) is 0 Å². The predicted molar refractivity (Wildman–Crippen MR) is 36.0 cm³/mol. The first-order chi connectivity index (χ1) is 4.95. The van der Waals surface area contributed by atoms with E-state index in [1.165, 1.54) is 0 Å². The van der Waals surface area contributed by atoms with Crippen molar-refractivity contribution in [2.75, 3.05) is 0 Å². The minimum Gasteiger partial charge on any atom is -0.498 e. The number of alkyl halides is 3. The monoisotopic (exact) mass is 168 g/mol. The molecule has 0 aromatic carbocycles. The lowest BCUT2D eigenvalue weighted by Gasteiger charge is -2.07. The molecule has 0 aliphatic carbocycles. The SMILES string of the molecule is CCC(C)O/C=C\C(F)(F)F. The first-order valence-electron chi connectivity index (χ1n) is 3.35. The topological polar surface area (TPSA) is 9.23 Å². The summed E-state index contributed by atoms with van der Waals surface area (Å²) in [4.78, 5) is 0. The van der Waals surface area contributed by atoms with Crippen molar-refractivity contribution in [3.63, 3.8) is 0 Å². The molecule has 11 heavy (non-hydrogen) atoms. The lowest BCUT2D eigenvalue weighted by atomic mass is 10.3. The smallest absolute Gasteiger partial charge is 0.412 e. The van der Waals surface area contributed by atoms with Crippen LogP contribution in [0.15, 0.2) is 12.3 Å². The normalized spacial score (nSPS) is 15.4. The van der Waals surface area contributed by atoms with Gasteiger partial charge in [-0.2, -0.15) is 13.2 Å². The molecular formula is C7H11F3O. The second-order valence-corrected chi connectivity index (χ2v) is 2.20. The Bertz CT molecular complexity index is 128. The van der Waals surface area contributed by atoms with Gasteiger partial charge in [0.2, 0.25) is 0 Å². The summed E-state index contributed by atoms with van der Waals surface area (Å²) in [5, 5.41) is 0. The number of hydrogen-bond acceptors (Lipinski definition) is 1. The molecule has 66 valence electrons. The molecule has 0 amide bonds. The van der Waals surface area contributed by atoms with Crippen molar-refractivity contribution in [2.45, 2.75) is 32.5 Å². The molecule has 0 saturated heterocycles. The second-order valence-electron chi connectivity index (χ2n) is 2.20. The molecule has 0 saturated carbocycles. The fourth-order valence-electron chi connectivity index (χ4n) is 0.347. The number of hydrogen-bond donors (Lipinski definition) is 0. The summed E-state index contributed by atoms with van der Waals surface area (Å²) in [6.45, 7) is 3.55. The third-order valence-corrected chi connectivity index (χ3v) is 1.14. The van der Waals surface area contributed by atoms with Gasteiger partial charge in [-0.3, -0.25) is 0 Å². The van der Waals surface area contributed by atoms with E-state index in [1.54, 1.807) is 6.92 Å². The van der Waals surface area contributed by atoms with E-state index in [2.05, 4.69) is 4.74 Å². The molecule has 0 N–H and O–H groups in total. The molecule has 1 atom stereocenters. The van der Waals surface area contributed by atoms with Gasteiger partial charge in [-0.05, 0) is 13.3 Å². The minimum atomic E-state index is -4.27. The van der Waals surface area contributed by atoms with Crippen molar-refractivity contribution in [1.82, 2.24) is 0 Å². The third kappa shape index (κ3) is 7.22. The Kier molecular flexibility index (Phi) is 4.00. The molecule has 0 heterocycles. The van der Waals surface area contributed by atoms with Crippen LogP contribution < -0.4 is 0 Å². The van der Waals surface area contributed by atoms with Crippen LogP contribution in [0.25, 0.3) is 0 Å². The average Bonchev–Trinajstić information content (AvgIpc) is 1.85. The zero-order valence-electron chi connectivity index (χ0n) is 6.48. The largest absolute Gasteiger partial charge is 0.498 e. The number of halogens is 3. The van der Waals surface area contributed by atoms with E-state index in [0.29, 0.717) is 12.7 Å². The minimum absolute atomic E-state index is 0.0825. The third-order valence-electron chi connectivity index (χ3n) is 1.14. The van der Waals surface area contributed by atoms with Gasteiger partial charge < -0.3 is 4.74 Å². The zero-order valence-corrected chi connectivity index (χ0v) is 6.48. The maximum Gasteiger partial charge on any atom is 0.412 e. The second kappa shape index (κ2) is 4.26. The van der Waals surface area contributed by atoms with E-state index < -0.39 is 6.18 Å². The average molecular weight is 168 g/mol. The molecule has 1 unspecified atom stereocenters. The van der Waals surface area contributed by atoms with Gasteiger partial charge in [-0.1, -0.05) is 6.92 Å². The first kappa shape index (κ1) is 10.3. The van der Waals surface area contributed by atoms with Gasteiger partial charge in [0.25, 0.3) is 0 Å². The summed E-state index contributed by atoms with van der Waals surface area (Å²) >= 11 is 0. The molecule has 0 radical (unpaired) electrons. The van der Waals surface area contributed by atoms with Crippen LogP contribution in [-0.2, 0) is 4.74 Å². The summed E-state index contributed by atoms with van der Waals surface area (Å²) in [6.07, 6.45) is -2.96. The number of allylic oxidation sites excluding steroid dienone is 1. The maximum absolute atomic E-state index is 11.4. The van der Waals surface area contributed by atoms with Crippen LogP contribution in [-0.4, -0.2) is 12.3 Å². The lowest BCUT2D eigenvalue weighted by molar-refractivity contribution is -0.0821. The van der Waals surface area contributed by atoms with E-state index in [9.17, 15) is 13.2 Å². The van der Waals surface area contributed by atoms with Crippen molar-refractivity contribution in [3.8, 4) is 0 Å². The van der Waals surface area contributed by atoms with Gasteiger partial charge >= 0.3 is 6.18 Å². The van der Waals surface area contributed by atoms with Crippen LogP contribution in [0.5, 0.6) is 0 Å². The molecule has 0 aromatic heterocycles. The summed E-state index contributed by atoms with van der Waals surface area (Å²) in [5.41, 5.74) is 0. The van der Waals surface area contributed by atoms with Crippen LogP contribution in [0.1, 0.15) is 20.3 Å². The Morgan fingerprint density at radius 3 is 2.36 bits per heavy atom. The van der Waals surface area contributed by atoms with Gasteiger partial charge in [0.05, 0.1) is 18.4 Å². The zero-order chi connectivity index (χ0) is 8.91. The van der Waals surface area contributed by atoms with Gasteiger partial charge in [-0.15, -0.1) is 0 Å². The highest BCUT2D eigenvalue weighted by atomic mass is 19.4. The maximum atomic E-state index is 11.4. The molecule has 1 nitrogen and oxygen atoms in total. The van der Waals surface area contributed by atoms with E-state index in [0.717, 1.165) is 0 Å². The van der Waals surface area contributed by atoms with Gasteiger partial charge in [0, 0.05) is 0 Å². The van der Waals surface area contributed by atoms with Crippen molar-refractivity contribution < 1.29 is 17.9 Å². The van der Waals surface area contributed by atoms with Crippen molar-refractivity contribution >= 4 is 0 Å². The van der Waals surface area contributed by atoms with Gasteiger partial charge in [0.1, 0.15) is 0 Å². The van der Waals surface area contributed by atoms with Crippen LogP contribution in [0, 0.1) is 0 Å². The molecule has 0 bridgehead atoms. The summed E-state index contributed by atoms with van der Waals surface area (Å²) in [6, 6.07) is 0. The Balaban J connectivity index is 3.61. The molecule has 0 aliphatic rings. The Labute approximate surface area is 63.8 Å². The van der Waals surface area contributed by atoms with E-state index in [-0.39, 0.29) is 12.2 Å². The van der Waals surface area contributed by atoms with Crippen LogP contribution in [0.4, 0.5) is 13.2 Å². The van der Waals surface area contributed by atoms with Crippen LogP contribution >= 0.6 is 0 Å². The fourth-order valence-corrected chi connectivity index (χ4v) is 0.347. The molecule has 0 rings (SSSR count). The quantitative estimate of drug-likeness (QED) is 0.589. The Hall–Kier alpha value is -0.670. The van der Waals surface area contributed by atoms with Crippen LogP contribution in [0.2, 0.25) is 0 Å². The molecule has 0 spiro atoms. The van der Waals surface area contributed by atoms with Crippen molar-refractivity contribution in [2.24, 2.45) is 0 Å². The van der Waals surface area contributed by atoms with Crippen molar-refractivity contribution in [1.29, 1.82) is 0 Å². The fraction of sp³-hybridized carbons (Fsp3) is 0.714. The predicted octanol–water partition coefficient (Wildman–Crippen LogP) is 2.88. The number of rotatable bonds is 3. The summed E-state index contributed by atoms with van der Waals surface area (Å²) in [7, 11) is 0. The van der Waals surface area contributed by atoms with Crippen molar-refractivity contribution in [3.05, 3.63) is 12.3 Å². The highest BCUT2D eigenvalue weighted by molar-refractivity contribution is 4.82. The summed E-state index contributed by atoms with van der Waals surface area (Å²) in [5.74, 6) is 0. The van der Waals surface area contributed by atoms with Gasteiger partial charge in [0.15, 0.2) is 0 Å². The summed E-state index contributed by atoms with van der Waals surface area (Å²) < 4.78 is 39.0. The highest BCUT2D eigenvalue weighted by Gasteiger charge is 2.22.